The van der Waals surface area contributed by atoms with E-state index in [4.69, 9.17) is 17.3 Å². The fourth-order valence-corrected chi connectivity index (χ4v) is 5.38. The lowest BCUT2D eigenvalue weighted by Gasteiger charge is -2.37. The van der Waals surface area contributed by atoms with E-state index in [1.165, 1.54) is 0 Å². The number of pyridine rings is 1. The number of nitrogens with zero attached hydrogens (tertiary/aromatic N) is 3. The summed E-state index contributed by atoms with van der Waals surface area (Å²) < 4.78 is 20.0. The maximum absolute atomic E-state index is 12.7. The summed E-state index contributed by atoms with van der Waals surface area (Å²) in [7, 11) is -2.90. The molecule has 2 aromatic rings. The summed E-state index contributed by atoms with van der Waals surface area (Å²) >= 11 is 6.08. The highest BCUT2D eigenvalue weighted by atomic mass is 35.5. The number of piperazine rings is 1. The van der Waals surface area contributed by atoms with Crippen molar-refractivity contribution >= 4 is 56.5 Å². The number of amides is 3. The zero-order chi connectivity index (χ0) is 22.2. The third kappa shape index (κ3) is 4.90. The van der Waals surface area contributed by atoms with Crippen LogP contribution >= 0.6 is 22.2 Å². The molecule has 0 spiro atoms. The van der Waals surface area contributed by atoms with Crippen LogP contribution in [-0.4, -0.2) is 81.2 Å². The molecule has 0 unspecified atom stereocenters. The quantitative estimate of drug-likeness (QED) is 0.449. The number of aromatic nitrogens is 1. The van der Waals surface area contributed by atoms with E-state index in [0.29, 0.717) is 42.5 Å². The van der Waals surface area contributed by atoms with Crippen LogP contribution in [0.4, 0.5) is 16.3 Å². The fraction of sp³-hybridized carbons (Fsp3) is 0.421. The van der Waals surface area contributed by atoms with Crippen molar-refractivity contribution in [3.05, 3.63) is 29.3 Å². The number of halogens is 1. The molecule has 2 aliphatic rings. The summed E-state index contributed by atoms with van der Waals surface area (Å²) in [4.78, 5) is 32.9. The van der Waals surface area contributed by atoms with Crippen LogP contribution in [0.5, 0.6) is 0 Å². The van der Waals surface area contributed by atoms with Gasteiger partial charge >= 0.3 is 6.03 Å². The summed E-state index contributed by atoms with van der Waals surface area (Å²) in [6, 6.07) is 5.92. The van der Waals surface area contributed by atoms with Gasteiger partial charge in [0.1, 0.15) is 11.9 Å². The van der Waals surface area contributed by atoms with Gasteiger partial charge in [-0.15, -0.1) is 0 Å². The molecule has 2 saturated heterocycles. The molecule has 0 aliphatic carbocycles. The third-order valence-electron chi connectivity index (χ3n) is 5.45. The first kappa shape index (κ1) is 21.8. The second-order valence-corrected chi connectivity index (χ2v) is 10.5. The van der Waals surface area contributed by atoms with Gasteiger partial charge in [0.15, 0.2) is 0 Å². The van der Waals surface area contributed by atoms with Crippen molar-refractivity contribution in [2.45, 2.75) is 6.04 Å². The van der Waals surface area contributed by atoms with E-state index in [0.717, 1.165) is 11.1 Å². The van der Waals surface area contributed by atoms with Gasteiger partial charge < -0.3 is 26.2 Å². The van der Waals surface area contributed by atoms with Crippen molar-refractivity contribution in [3.63, 3.8) is 0 Å². The second kappa shape index (κ2) is 8.58. The largest absolute Gasteiger partial charge is 0.384 e. The first-order valence-electron chi connectivity index (χ1n) is 9.89. The minimum atomic E-state index is -2.90. The monoisotopic (exact) mass is 468 g/mol. The van der Waals surface area contributed by atoms with E-state index in [2.05, 4.69) is 20.5 Å². The number of anilines is 2. The molecule has 31 heavy (non-hydrogen) atoms. The summed E-state index contributed by atoms with van der Waals surface area (Å²) in [5.41, 5.74) is 7.61. The number of carbonyl (C=O) groups is 2. The van der Waals surface area contributed by atoms with Gasteiger partial charge in [-0.3, -0.25) is 13.9 Å². The number of rotatable bonds is 2. The van der Waals surface area contributed by atoms with E-state index < -0.39 is 28.6 Å². The number of fused-ring (bicyclic) bond motifs is 1. The van der Waals surface area contributed by atoms with Crippen LogP contribution < -0.4 is 21.3 Å². The normalized spacial score (nSPS) is 22.5. The maximum atomic E-state index is 12.7. The van der Waals surface area contributed by atoms with Crippen LogP contribution in [0.3, 0.4) is 0 Å². The molecule has 0 saturated carbocycles. The van der Waals surface area contributed by atoms with Crippen LogP contribution in [0.2, 0.25) is 5.02 Å². The summed E-state index contributed by atoms with van der Waals surface area (Å²) in [5, 5.41) is 6.76. The predicted molar refractivity (Wildman–Crippen MR) is 123 cm³/mol. The summed E-state index contributed by atoms with van der Waals surface area (Å²) in [5.74, 6) is -0.0851. The second-order valence-electron chi connectivity index (χ2n) is 7.67. The lowest BCUT2D eigenvalue weighted by molar-refractivity contribution is -0.122. The molecule has 2 aliphatic heterocycles. The molecule has 168 valence electrons. The van der Waals surface area contributed by atoms with Gasteiger partial charge in [0, 0.05) is 54.9 Å². The Morgan fingerprint density at radius 3 is 2.74 bits per heavy atom. The minimum Gasteiger partial charge on any atom is -0.384 e. The molecule has 0 radical (unpaired) electrons. The third-order valence-corrected chi connectivity index (χ3v) is 7.41. The molecule has 1 atom stereocenters. The molecule has 2 fully saturated rings. The zero-order valence-corrected chi connectivity index (χ0v) is 18.3. The van der Waals surface area contributed by atoms with Crippen LogP contribution in [0, 0.1) is 0 Å². The molecule has 6 N–H and O–H groups in total. The Hall–Kier alpha value is -2.47. The molecule has 3 heterocycles. The van der Waals surface area contributed by atoms with Gasteiger partial charge in [0.2, 0.25) is 5.91 Å². The Balaban J connectivity index is 1.42. The average molecular weight is 469 g/mol. The van der Waals surface area contributed by atoms with E-state index in [-0.39, 0.29) is 18.1 Å². The first-order chi connectivity index (χ1) is 14.7. The molecular weight excluding hydrogens is 444 g/mol. The molecule has 12 heteroatoms. The number of nitrogen functional groups attached to an aromatic ring is 1. The average Bonchev–Trinajstić information content (AvgIpc) is 2.84. The molecule has 4 rings (SSSR count). The summed E-state index contributed by atoms with van der Waals surface area (Å²) in [6.07, 6.45) is 0. The molecule has 10 nitrogen and oxygen atoms in total. The van der Waals surface area contributed by atoms with Gasteiger partial charge in [-0.05, 0) is 18.2 Å². The van der Waals surface area contributed by atoms with E-state index in [1.54, 1.807) is 17.0 Å². The number of carbonyl (C=O) groups excluding carboxylic acids is 2. The van der Waals surface area contributed by atoms with Gasteiger partial charge in [-0.1, -0.05) is 11.6 Å². The number of hydrogen-bond acceptors (Lipinski definition) is 7. The molecule has 1 aromatic carbocycles. The Labute approximate surface area is 186 Å². The smallest absolute Gasteiger partial charge is 0.318 e. The number of benzene rings is 1. The van der Waals surface area contributed by atoms with E-state index in [1.807, 2.05) is 12.1 Å². The lowest BCUT2D eigenvalue weighted by Crippen LogP contribution is -2.56. The number of nitrogens with one attached hydrogen (secondary N) is 2. The Morgan fingerprint density at radius 2 is 2.00 bits per heavy atom. The van der Waals surface area contributed by atoms with Crippen LogP contribution in [0.1, 0.15) is 0 Å². The van der Waals surface area contributed by atoms with Crippen molar-refractivity contribution in [2.24, 2.45) is 0 Å². The van der Waals surface area contributed by atoms with Crippen LogP contribution in [0.15, 0.2) is 24.3 Å². The highest BCUT2D eigenvalue weighted by Crippen LogP contribution is 2.39. The highest BCUT2D eigenvalue weighted by Gasteiger charge is 2.32. The minimum absolute atomic E-state index is 0.0953. The van der Waals surface area contributed by atoms with Crippen LogP contribution in [0.25, 0.3) is 10.9 Å². The van der Waals surface area contributed by atoms with Gasteiger partial charge in [-0.25, -0.2) is 9.78 Å². The maximum Gasteiger partial charge on any atom is 0.318 e. The molecule has 1 aromatic heterocycles. The Bertz CT molecular complexity index is 1010. The van der Waals surface area contributed by atoms with E-state index in [9.17, 15) is 18.7 Å². The standard InChI is InChI=1S/C19H25ClN6O4S/c20-12-1-2-13-14(9-12)23-17(21)10-16(13)25-4-6-26(7-5-25)19(28)24-15-11-31(29,30)8-3-22-18(15)27/h1-2,9-10,15,29-30H,3-8,11H2,(H2,21,23)(H,22,27)(H,24,28)/t15-/m0/s1. The summed E-state index contributed by atoms with van der Waals surface area (Å²) in [6.45, 7) is 2.20. The highest BCUT2D eigenvalue weighted by molar-refractivity contribution is 8.24. The lowest BCUT2D eigenvalue weighted by atomic mass is 10.1. The molecular formula is C19H25ClN6O4S. The SMILES string of the molecule is Nc1cc(N2CCN(C(=O)N[C@H]3CS(O)(O)CCNC3=O)CC2)c2ccc(Cl)cc2n1. The van der Waals surface area contributed by atoms with Gasteiger partial charge in [0.05, 0.1) is 17.0 Å². The van der Waals surface area contributed by atoms with Crippen molar-refractivity contribution in [2.75, 3.05) is 54.9 Å². The van der Waals surface area contributed by atoms with Crippen molar-refractivity contribution in [3.8, 4) is 0 Å². The topological polar surface area (TPSA) is 144 Å². The zero-order valence-electron chi connectivity index (χ0n) is 16.8. The number of urea groups is 1. The Kier molecular flexibility index (Phi) is 6.02. The fourth-order valence-electron chi connectivity index (χ4n) is 3.85. The van der Waals surface area contributed by atoms with Gasteiger partial charge in [0.25, 0.3) is 0 Å². The van der Waals surface area contributed by atoms with Crippen molar-refractivity contribution in [1.29, 1.82) is 0 Å². The van der Waals surface area contributed by atoms with Crippen molar-refractivity contribution < 1.29 is 18.7 Å². The predicted octanol–water partition coefficient (Wildman–Crippen LogP) is 1.55. The number of nitrogens with two attached hydrogens (primary N) is 1. The van der Waals surface area contributed by atoms with Gasteiger partial charge in [-0.2, -0.15) is 10.6 Å². The molecule has 0 bridgehead atoms. The first-order valence-corrected chi connectivity index (χ1v) is 12.2. The van der Waals surface area contributed by atoms with Crippen molar-refractivity contribution in [1.82, 2.24) is 20.5 Å². The molecule has 3 amide bonds. The van der Waals surface area contributed by atoms with E-state index >= 15 is 0 Å². The van der Waals surface area contributed by atoms with Crippen LogP contribution in [-0.2, 0) is 4.79 Å². The number of hydrogen-bond donors (Lipinski definition) is 5. The Morgan fingerprint density at radius 1 is 1.26 bits per heavy atom.